The third-order valence-corrected chi connectivity index (χ3v) is 2.94. The molecule has 0 aliphatic heterocycles. The van der Waals surface area contributed by atoms with Gasteiger partial charge in [-0.2, -0.15) is 0 Å². The van der Waals surface area contributed by atoms with Gasteiger partial charge in [0.25, 0.3) is 0 Å². The fourth-order valence-electron chi connectivity index (χ4n) is 1.24. The molecule has 0 fully saturated rings. The molecule has 1 aromatic rings. The van der Waals surface area contributed by atoms with E-state index in [0.29, 0.717) is 0 Å². The Hall–Kier alpha value is -0.630. The van der Waals surface area contributed by atoms with Crippen LogP contribution in [0.3, 0.4) is 0 Å². The zero-order valence-corrected chi connectivity index (χ0v) is 10.5. The Labute approximate surface area is 91.5 Å². The highest BCUT2D eigenvalue weighted by atomic mass is 32.2. The minimum Gasteiger partial charge on any atom is -0.377 e. The topological polar surface area (TPSA) is 3.24 Å². The van der Waals surface area contributed by atoms with Crippen LogP contribution in [0.2, 0.25) is 0 Å². The number of thioether (sulfide) groups is 1. The van der Waals surface area contributed by atoms with Crippen LogP contribution < -0.4 is 4.90 Å². The molecule has 2 heteroatoms. The standard InChI is InChI=1S/C12H19NS/c1-12(2,3)14-11-9-7-6-8-10(11)13(4)5/h6-9H,1-5H3. The van der Waals surface area contributed by atoms with Gasteiger partial charge in [-0.15, -0.1) is 11.8 Å². The Morgan fingerprint density at radius 3 is 2.14 bits per heavy atom. The molecule has 0 atom stereocenters. The van der Waals surface area contributed by atoms with Gasteiger partial charge in [0.15, 0.2) is 0 Å². The first-order chi connectivity index (χ1) is 6.40. The number of hydrogen-bond acceptors (Lipinski definition) is 2. The van der Waals surface area contributed by atoms with Gasteiger partial charge in [0, 0.05) is 29.4 Å². The maximum Gasteiger partial charge on any atom is 0.0499 e. The van der Waals surface area contributed by atoms with Gasteiger partial charge in [0.2, 0.25) is 0 Å². The first-order valence-corrected chi connectivity index (χ1v) is 5.67. The molecule has 0 unspecified atom stereocenters. The van der Waals surface area contributed by atoms with Gasteiger partial charge in [0.05, 0.1) is 0 Å². The summed E-state index contributed by atoms with van der Waals surface area (Å²) >= 11 is 1.91. The van der Waals surface area contributed by atoms with E-state index in [4.69, 9.17) is 0 Å². The van der Waals surface area contributed by atoms with Crippen LogP contribution in [0.15, 0.2) is 29.2 Å². The van der Waals surface area contributed by atoms with E-state index in [2.05, 4.69) is 64.0 Å². The Balaban J connectivity index is 2.96. The van der Waals surface area contributed by atoms with Crippen molar-refractivity contribution in [1.29, 1.82) is 0 Å². The predicted octanol–water partition coefficient (Wildman–Crippen LogP) is 3.64. The molecule has 0 aliphatic rings. The normalized spacial score (nSPS) is 11.5. The van der Waals surface area contributed by atoms with Crippen LogP contribution in [0, 0.1) is 0 Å². The largest absolute Gasteiger partial charge is 0.377 e. The first-order valence-electron chi connectivity index (χ1n) is 4.85. The molecule has 0 heterocycles. The third-order valence-electron chi connectivity index (χ3n) is 1.76. The Morgan fingerprint density at radius 2 is 1.64 bits per heavy atom. The van der Waals surface area contributed by atoms with E-state index in [1.54, 1.807) is 0 Å². The van der Waals surface area contributed by atoms with Crippen LogP contribution in [0.4, 0.5) is 5.69 Å². The second-order valence-corrected chi connectivity index (χ2v) is 6.45. The lowest BCUT2D eigenvalue weighted by molar-refractivity contribution is 0.802. The molecule has 0 amide bonds. The van der Waals surface area contributed by atoms with Crippen molar-refractivity contribution in [1.82, 2.24) is 0 Å². The number of hydrogen-bond donors (Lipinski definition) is 0. The van der Waals surface area contributed by atoms with Gasteiger partial charge in [-0.25, -0.2) is 0 Å². The summed E-state index contributed by atoms with van der Waals surface area (Å²) in [6, 6.07) is 8.53. The number of rotatable bonds is 2. The van der Waals surface area contributed by atoms with Crippen LogP contribution in [0.25, 0.3) is 0 Å². The second kappa shape index (κ2) is 4.26. The molecule has 0 spiro atoms. The lowest BCUT2D eigenvalue weighted by Crippen LogP contribution is -2.12. The lowest BCUT2D eigenvalue weighted by Gasteiger charge is -2.22. The van der Waals surface area contributed by atoms with E-state index in [-0.39, 0.29) is 4.75 Å². The minimum absolute atomic E-state index is 0.270. The molecule has 0 aromatic heterocycles. The number of para-hydroxylation sites is 1. The van der Waals surface area contributed by atoms with E-state index in [1.165, 1.54) is 10.6 Å². The molecular weight excluding hydrogens is 190 g/mol. The molecule has 0 N–H and O–H groups in total. The molecule has 0 saturated heterocycles. The molecule has 0 aliphatic carbocycles. The molecule has 0 saturated carbocycles. The predicted molar refractivity (Wildman–Crippen MR) is 66.4 cm³/mol. The van der Waals surface area contributed by atoms with Crippen LogP contribution in [-0.2, 0) is 0 Å². The summed E-state index contributed by atoms with van der Waals surface area (Å²) in [6.45, 7) is 6.72. The zero-order valence-electron chi connectivity index (χ0n) is 9.66. The minimum atomic E-state index is 0.270. The highest BCUT2D eigenvalue weighted by molar-refractivity contribution is 8.00. The highest BCUT2D eigenvalue weighted by Crippen LogP contribution is 2.37. The van der Waals surface area contributed by atoms with E-state index >= 15 is 0 Å². The first kappa shape index (κ1) is 11.4. The Kier molecular flexibility index (Phi) is 3.48. The summed E-state index contributed by atoms with van der Waals surface area (Å²) in [5, 5.41) is 0. The zero-order chi connectivity index (χ0) is 10.8. The fourth-order valence-corrected chi connectivity index (χ4v) is 2.40. The smallest absolute Gasteiger partial charge is 0.0499 e. The Morgan fingerprint density at radius 1 is 1.07 bits per heavy atom. The average Bonchev–Trinajstić information content (AvgIpc) is 2.01. The summed E-state index contributed by atoms with van der Waals surface area (Å²) in [5.41, 5.74) is 1.30. The molecular formula is C12H19NS. The van der Waals surface area contributed by atoms with Gasteiger partial charge in [-0.1, -0.05) is 32.9 Å². The Bertz CT molecular complexity index is 299. The number of nitrogens with zero attached hydrogens (tertiary/aromatic N) is 1. The maximum atomic E-state index is 2.24. The van der Waals surface area contributed by atoms with Crippen molar-refractivity contribution in [3.63, 3.8) is 0 Å². The molecule has 1 nitrogen and oxygen atoms in total. The monoisotopic (exact) mass is 209 g/mol. The van der Waals surface area contributed by atoms with E-state index in [1.807, 2.05) is 11.8 Å². The summed E-state index contributed by atoms with van der Waals surface area (Å²) in [5.74, 6) is 0. The average molecular weight is 209 g/mol. The molecule has 0 bridgehead atoms. The van der Waals surface area contributed by atoms with Crippen LogP contribution in [-0.4, -0.2) is 18.8 Å². The van der Waals surface area contributed by atoms with Crippen LogP contribution >= 0.6 is 11.8 Å². The van der Waals surface area contributed by atoms with Gasteiger partial charge in [0.1, 0.15) is 0 Å². The summed E-state index contributed by atoms with van der Waals surface area (Å²) in [4.78, 5) is 3.51. The summed E-state index contributed by atoms with van der Waals surface area (Å²) < 4.78 is 0.270. The van der Waals surface area contributed by atoms with Crippen molar-refractivity contribution >= 4 is 17.4 Å². The van der Waals surface area contributed by atoms with Crippen molar-refractivity contribution in [2.45, 2.75) is 30.4 Å². The maximum absolute atomic E-state index is 2.24. The highest BCUT2D eigenvalue weighted by Gasteiger charge is 2.14. The molecule has 1 rings (SSSR count). The number of anilines is 1. The third kappa shape index (κ3) is 3.26. The van der Waals surface area contributed by atoms with Crippen molar-refractivity contribution in [2.24, 2.45) is 0 Å². The van der Waals surface area contributed by atoms with Crippen LogP contribution in [0.1, 0.15) is 20.8 Å². The quantitative estimate of drug-likeness (QED) is 0.684. The fraction of sp³-hybridized carbons (Fsp3) is 0.500. The molecule has 0 radical (unpaired) electrons. The van der Waals surface area contributed by atoms with E-state index < -0.39 is 0 Å². The van der Waals surface area contributed by atoms with Crippen molar-refractivity contribution in [3.05, 3.63) is 24.3 Å². The second-order valence-electron chi connectivity index (χ2n) is 4.58. The van der Waals surface area contributed by atoms with E-state index in [9.17, 15) is 0 Å². The van der Waals surface area contributed by atoms with Crippen LogP contribution in [0.5, 0.6) is 0 Å². The van der Waals surface area contributed by atoms with E-state index in [0.717, 1.165) is 0 Å². The summed E-state index contributed by atoms with van der Waals surface area (Å²) in [7, 11) is 4.17. The van der Waals surface area contributed by atoms with Gasteiger partial charge in [-0.05, 0) is 12.1 Å². The molecule has 1 aromatic carbocycles. The van der Waals surface area contributed by atoms with Gasteiger partial charge >= 0.3 is 0 Å². The van der Waals surface area contributed by atoms with Crippen molar-refractivity contribution < 1.29 is 0 Å². The lowest BCUT2D eigenvalue weighted by atomic mass is 10.3. The van der Waals surface area contributed by atoms with Crippen molar-refractivity contribution in [2.75, 3.05) is 19.0 Å². The molecule has 78 valence electrons. The summed E-state index contributed by atoms with van der Waals surface area (Å²) in [6.07, 6.45) is 0. The molecule has 14 heavy (non-hydrogen) atoms. The van der Waals surface area contributed by atoms with Gasteiger partial charge < -0.3 is 4.90 Å². The SMILES string of the molecule is CN(C)c1ccccc1SC(C)(C)C. The van der Waals surface area contributed by atoms with Crippen molar-refractivity contribution in [3.8, 4) is 0 Å². The van der Waals surface area contributed by atoms with Gasteiger partial charge in [-0.3, -0.25) is 0 Å². The number of benzene rings is 1.